The molecule has 1 heterocycles. The molecule has 114 valence electrons. The second kappa shape index (κ2) is 6.21. The van der Waals surface area contributed by atoms with Crippen LogP contribution in [-0.2, 0) is 6.54 Å². The zero-order valence-corrected chi connectivity index (χ0v) is 11.6. The van der Waals surface area contributed by atoms with Gasteiger partial charge in [-0.2, -0.15) is 0 Å². The van der Waals surface area contributed by atoms with Crippen molar-refractivity contribution in [3.8, 4) is 11.5 Å². The molecule has 0 aliphatic heterocycles. The van der Waals surface area contributed by atoms with Gasteiger partial charge in [-0.05, 0) is 17.7 Å². The monoisotopic (exact) mass is 304 g/mol. The number of carbonyl (C=O) groups excluding carboxylic acids is 2. The molecule has 0 saturated heterocycles. The quantitative estimate of drug-likeness (QED) is 0.747. The van der Waals surface area contributed by atoms with Gasteiger partial charge in [0.2, 0.25) is 0 Å². The first-order valence-electron chi connectivity index (χ1n) is 6.35. The third kappa shape index (κ3) is 3.38. The van der Waals surface area contributed by atoms with Crippen molar-refractivity contribution in [3.05, 3.63) is 53.1 Å². The van der Waals surface area contributed by atoms with E-state index < -0.39 is 34.7 Å². The lowest BCUT2D eigenvalue weighted by Crippen LogP contribution is -2.24. The van der Waals surface area contributed by atoms with Crippen LogP contribution >= 0.6 is 0 Å². The van der Waals surface area contributed by atoms with Crippen LogP contribution in [0.4, 0.5) is 4.39 Å². The van der Waals surface area contributed by atoms with Gasteiger partial charge in [0.1, 0.15) is 11.5 Å². The average molecular weight is 304 g/mol. The van der Waals surface area contributed by atoms with Crippen molar-refractivity contribution in [2.45, 2.75) is 13.5 Å². The summed E-state index contributed by atoms with van der Waals surface area (Å²) in [5.74, 6) is -2.93. The Morgan fingerprint density at radius 3 is 2.45 bits per heavy atom. The Kier molecular flexibility index (Phi) is 4.36. The Morgan fingerprint density at radius 2 is 1.86 bits per heavy atom. The molecule has 0 unspecified atom stereocenters. The number of hydrogen-bond donors (Lipinski definition) is 3. The number of nitrogens with one attached hydrogen (secondary N) is 1. The van der Waals surface area contributed by atoms with E-state index in [1.165, 1.54) is 31.2 Å². The summed E-state index contributed by atoms with van der Waals surface area (Å²) >= 11 is 0. The zero-order valence-electron chi connectivity index (χ0n) is 11.6. The normalized spacial score (nSPS) is 10.3. The number of halogens is 1. The number of amides is 1. The number of carbonyl (C=O) groups is 2. The molecule has 1 aromatic carbocycles. The summed E-state index contributed by atoms with van der Waals surface area (Å²) < 4.78 is 12.8. The van der Waals surface area contributed by atoms with Gasteiger partial charge in [0.05, 0.1) is 0 Å². The van der Waals surface area contributed by atoms with Gasteiger partial charge in [0.25, 0.3) is 5.91 Å². The first-order chi connectivity index (χ1) is 10.4. The number of pyridine rings is 1. The topological polar surface area (TPSA) is 99.5 Å². The predicted octanol–water partition coefficient (Wildman–Crippen LogP) is 1.76. The Balaban J connectivity index is 2.18. The largest absolute Gasteiger partial charge is 0.504 e. The van der Waals surface area contributed by atoms with Gasteiger partial charge >= 0.3 is 0 Å². The van der Waals surface area contributed by atoms with E-state index >= 15 is 0 Å². The molecule has 0 aliphatic carbocycles. The van der Waals surface area contributed by atoms with E-state index in [4.69, 9.17) is 0 Å². The molecule has 2 rings (SSSR count). The molecule has 0 fully saturated rings. The van der Waals surface area contributed by atoms with E-state index in [-0.39, 0.29) is 12.2 Å². The molecular formula is C15H13FN2O4. The highest BCUT2D eigenvalue weighted by Gasteiger charge is 2.19. The Hall–Kier alpha value is -2.96. The zero-order chi connectivity index (χ0) is 16.3. The van der Waals surface area contributed by atoms with E-state index in [0.717, 1.165) is 6.07 Å². The van der Waals surface area contributed by atoms with E-state index in [2.05, 4.69) is 10.3 Å². The van der Waals surface area contributed by atoms with Crippen molar-refractivity contribution >= 4 is 11.7 Å². The molecule has 2 aromatic rings. The van der Waals surface area contributed by atoms with Crippen LogP contribution in [0.1, 0.15) is 33.5 Å². The van der Waals surface area contributed by atoms with Gasteiger partial charge in [0.15, 0.2) is 23.0 Å². The number of hydrogen-bond acceptors (Lipinski definition) is 5. The first kappa shape index (κ1) is 15.4. The fourth-order valence-corrected chi connectivity index (χ4v) is 1.73. The Labute approximate surface area is 125 Å². The minimum atomic E-state index is -0.764. The number of benzene rings is 1. The Bertz CT molecular complexity index is 729. The molecule has 6 nitrogen and oxygen atoms in total. The van der Waals surface area contributed by atoms with E-state index in [1.807, 2.05) is 0 Å². The summed E-state index contributed by atoms with van der Waals surface area (Å²) in [5.41, 5.74) is 0.0516. The first-order valence-corrected chi connectivity index (χ1v) is 6.35. The van der Waals surface area contributed by atoms with E-state index in [0.29, 0.717) is 5.56 Å². The number of Topliss-reactive ketones (excluding diaryl/α,β-unsaturated/α-hetero) is 1. The number of nitrogens with zero attached hydrogens (tertiary/aromatic N) is 1. The van der Waals surface area contributed by atoms with Crippen LogP contribution in [-0.4, -0.2) is 26.9 Å². The third-order valence-corrected chi connectivity index (χ3v) is 2.91. The van der Waals surface area contributed by atoms with Crippen molar-refractivity contribution in [1.29, 1.82) is 0 Å². The Morgan fingerprint density at radius 1 is 1.23 bits per heavy atom. The van der Waals surface area contributed by atoms with Crippen molar-refractivity contribution in [2.75, 3.05) is 0 Å². The number of aromatic nitrogens is 1. The maximum atomic E-state index is 12.8. The fourth-order valence-electron chi connectivity index (χ4n) is 1.73. The highest BCUT2D eigenvalue weighted by Crippen LogP contribution is 2.28. The summed E-state index contributed by atoms with van der Waals surface area (Å²) in [6.45, 7) is 1.30. The summed E-state index contributed by atoms with van der Waals surface area (Å²) in [6.07, 6.45) is 0. The molecule has 1 aromatic heterocycles. The van der Waals surface area contributed by atoms with Crippen LogP contribution in [0.15, 0.2) is 30.3 Å². The van der Waals surface area contributed by atoms with E-state index in [1.54, 1.807) is 0 Å². The molecule has 0 spiro atoms. The lowest BCUT2D eigenvalue weighted by Gasteiger charge is -2.08. The van der Waals surface area contributed by atoms with Gasteiger partial charge in [0, 0.05) is 19.5 Å². The molecule has 0 aliphatic rings. The van der Waals surface area contributed by atoms with Crippen LogP contribution in [0.5, 0.6) is 11.5 Å². The van der Waals surface area contributed by atoms with Crippen molar-refractivity contribution in [2.24, 2.45) is 0 Å². The van der Waals surface area contributed by atoms with Crippen molar-refractivity contribution < 1.29 is 24.2 Å². The fraction of sp³-hybridized carbons (Fsp3) is 0.133. The third-order valence-electron chi connectivity index (χ3n) is 2.91. The minimum Gasteiger partial charge on any atom is -0.504 e. The molecule has 1 amide bonds. The summed E-state index contributed by atoms with van der Waals surface area (Å²) in [4.78, 5) is 27.0. The van der Waals surface area contributed by atoms with Crippen LogP contribution in [0.25, 0.3) is 0 Å². The van der Waals surface area contributed by atoms with Crippen LogP contribution < -0.4 is 5.32 Å². The molecular weight excluding hydrogens is 291 g/mol. The van der Waals surface area contributed by atoms with Gasteiger partial charge in [-0.1, -0.05) is 12.1 Å². The van der Waals surface area contributed by atoms with E-state index in [9.17, 15) is 24.2 Å². The lowest BCUT2D eigenvalue weighted by molar-refractivity contribution is 0.0941. The average Bonchev–Trinajstić information content (AvgIpc) is 2.48. The maximum absolute atomic E-state index is 12.8. The summed E-state index contributed by atoms with van der Waals surface area (Å²) in [6, 6.07) is 6.46. The summed E-state index contributed by atoms with van der Waals surface area (Å²) in [7, 11) is 0. The summed E-state index contributed by atoms with van der Waals surface area (Å²) in [5, 5.41) is 21.7. The molecule has 0 saturated carbocycles. The molecule has 22 heavy (non-hydrogen) atoms. The maximum Gasteiger partial charge on any atom is 0.274 e. The highest BCUT2D eigenvalue weighted by molar-refractivity contribution is 5.99. The second-order valence-corrected chi connectivity index (χ2v) is 4.59. The smallest absolute Gasteiger partial charge is 0.274 e. The molecule has 3 N–H and O–H groups in total. The SMILES string of the molecule is CC(=O)c1cc(O)c(O)c(C(=O)NCc2ccc(F)cc2)n1. The minimum absolute atomic E-state index is 0.0747. The van der Waals surface area contributed by atoms with Gasteiger partial charge in [-0.3, -0.25) is 9.59 Å². The molecule has 0 bridgehead atoms. The van der Waals surface area contributed by atoms with Crippen LogP contribution in [0, 0.1) is 5.82 Å². The molecule has 0 radical (unpaired) electrons. The van der Waals surface area contributed by atoms with Crippen LogP contribution in [0.3, 0.4) is 0 Å². The molecule has 7 heteroatoms. The van der Waals surface area contributed by atoms with Gasteiger partial charge in [-0.15, -0.1) is 0 Å². The van der Waals surface area contributed by atoms with Crippen LogP contribution in [0.2, 0.25) is 0 Å². The van der Waals surface area contributed by atoms with Crippen molar-refractivity contribution in [3.63, 3.8) is 0 Å². The highest BCUT2D eigenvalue weighted by atomic mass is 19.1. The standard InChI is InChI=1S/C15H13FN2O4/c1-8(19)11-6-12(20)14(21)13(18-11)15(22)17-7-9-2-4-10(16)5-3-9/h2-6,21H,7H2,1H3,(H,17,22)(H,18,20). The number of aromatic hydroxyl groups is 2. The lowest BCUT2D eigenvalue weighted by atomic mass is 10.2. The number of rotatable bonds is 4. The van der Waals surface area contributed by atoms with Crippen molar-refractivity contribution in [1.82, 2.24) is 10.3 Å². The predicted molar refractivity (Wildman–Crippen MR) is 75.1 cm³/mol. The van der Waals surface area contributed by atoms with Gasteiger partial charge < -0.3 is 15.5 Å². The number of ketones is 1. The van der Waals surface area contributed by atoms with Gasteiger partial charge in [-0.25, -0.2) is 9.37 Å². The second-order valence-electron chi connectivity index (χ2n) is 4.59. The molecule has 0 atom stereocenters.